The first-order valence-corrected chi connectivity index (χ1v) is 9.87. The van der Waals surface area contributed by atoms with E-state index in [-0.39, 0.29) is 17.7 Å². The zero-order valence-corrected chi connectivity index (χ0v) is 18.1. The maximum atomic E-state index is 12.5. The van der Waals surface area contributed by atoms with E-state index in [1.807, 2.05) is 20.8 Å². The lowest BCUT2D eigenvalue weighted by atomic mass is 9.96. The second kappa shape index (κ2) is 9.17. The molecule has 0 aliphatic carbocycles. The summed E-state index contributed by atoms with van der Waals surface area (Å²) in [6.07, 6.45) is 0.518. The van der Waals surface area contributed by atoms with Crippen molar-refractivity contribution in [3.8, 4) is 17.2 Å². The van der Waals surface area contributed by atoms with Gasteiger partial charge in [0.05, 0.1) is 12.8 Å². The highest BCUT2D eigenvalue weighted by Gasteiger charge is 2.21. The molecule has 0 saturated heterocycles. The highest BCUT2D eigenvalue weighted by Crippen LogP contribution is 2.33. The fourth-order valence-corrected chi connectivity index (χ4v) is 2.73. The zero-order valence-electron chi connectivity index (χ0n) is 17.4. The molecule has 0 spiro atoms. The van der Waals surface area contributed by atoms with Crippen LogP contribution in [0.2, 0.25) is 5.02 Å². The van der Waals surface area contributed by atoms with Gasteiger partial charge in [0, 0.05) is 23.3 Å². The Morgan fingerprint density at radius 2 is 1.83 bits per heavy atom. The van der Waals surface area contributed by atoms with Gasteiger partial charge in [-0.2, -0.15) is 4.98 Å². The molecular weight excluding hydrogens is 406 g/mol. The Morgan fingerprint density at radius 1 is 1.13 bits per heavy atom. The average molecular weight is 430 g/mol. The number of nitrogens with zero attached hydrogens (tertiary/aromatic N) is 2. The highest BCUT2D eigenvalue weighted by molar-refractivity contribution is 6.31. The lowest BCUT2D eigenvalue weighted by Crippen LogP contribution is -2.14. The zero-order chi connectivity index (χ0) is 21.7. The van der Waals surface area contributed by atoms with E-state index in [1.54, 1.807) is 49.6 Å². The van der Waals surface area contributed by atoms with Crippen LogP contribution < -0.4 is 14.8 Å². The van der Waals surface area contributed by atoms with Crippen molar-refractivity contribution in [2.45, 2.75) is 39.0 Å². The normalized spacial score (nSPS) is 11.2. The van der Waals surface area contributed by atoms with Crippen LogP contribution in [-0.4, -0.2) is 23.2 Å². The van der Waals surface area contributed by atoms with Crippen molar-refractivity contribution >= 4 is 23.2 Å². The number of nitrogens with one attached hydrogen (secondary N) is 1. The number of benzene rings is 2. The summed E-state index contributed by atoms with van der Waals surface area (Å²) < 4.78 is 16.3. The van der Waals surface area contributed by atoms with Gasteiger partial charge in [-0.25, -0.2) is 0 Å². The van der Waals surface area contributed by atoms with Crippen LogP contribution in [0.25, 0.3) is 0 Å². The standard InChI is InChI=1S/C22H24ClN3O4/c1-22(2,3)21-25-20(30-26-21)12-11-19(27)24-17-13-14(23)5-10-18(17)29-16-8-6-15(28-4)7-9-16/h5-10,13H,11-12H2,1-4H3,(H,24,27). The smallest absolute Gasteiger partial charge is 0.227 e. The van der Waals surface area contributed by atoms with E-state index >= 15 is 0 Å². The number of methoxy groups -OCH3 is 1. The van der Waals surface area contributed by atoms with E-state index < -0.39 is 0 Å². The van der Waals surface area contributed by atoms with Gasteiger partial charge in [0.25, 0.3) is 0 Å². The lowest BCUT2D eigenvalue weighted by molar-refractivity contribution is -0.116. The number of aromatic nitrogens is 2. The van der Waals surface area contributed by atoms with Gasteiger partial charge < -0.3 is 19.3 Å². The van der Waals surface area contributed by atoms with E-state index in [0.29, 0.717) is 40.3 Å². The molecule has 0 aliphatic heterocycles. The Hall–Kier alpha value is -3.06. The predicted molar refractivity (Wildman–Crippen MR) is 114 cm³/mol. The summed E-state index contributed by atoms with van der Waals surface area (Å²) in [4.78, 5) is 16.8. The summed E-state index contributed by atoms with van der Waals surface area (Å²) >= 11 is 6.10. The van der Waals surface area contributed by atoms with Gasteiger partial charge >= 0.3 is 0 Å². The van der Waals surface area contributed by atoms with Crippen molar-refractivity contribution in [3.05, 3.63) is 59.2 Å². The minimum absolute atomic E-state index is 0.181. The molecule has 0 saturated carbocycles. The van der Waals surface area contributed by atoms with Crippen LogP contribution in [0, 0.1) is 0 Å². The molecule has 0 fully saturated rings. The summed E-state index contributed by atoms with van der Waals surface area (Å²) in [6, 6.07) is 12.2. The van der Waals surface area contributed by atoms with Gasteiger partial charge in [0.1, 0.15) is 11.5 Å². The van der Waals surface area contributed by atoms with E-state index in [9.17, 15) is 4.79 Å². The molecule has 0 aliphatic rings. The van der Waals surface area contributed by atoms with Crippen molar-refractivity contribution in [2.24, 2.45) is 0 Å². The molecule has 30 heavy (non-hydrogen) atoms. The molecule has 1 heterocycles. The summed E-state index contributed by atoms with van der Waals surface area (Å²) in [5, 5.41) is 7.29. The lowest BCUT2D eigenvalue weighted by Gasteiger charge is -2.13. The van der Waals surface area contributed by atoms with Crippen LogP contribution >= 0.6 is 11.6 Å². The second-order valence-corrected chi connectivity index (χ2v) is 8.16. The van der Waals surface area contributed by atoms with Gasteiger partial charge in [-0.1, -0.05) is 37.5 Å². The second-order valence-electron chi connectivity index (χ2n) is 7.73. The van der Waals surface area contributed by atoms with Crippen molar-refractivity contribution in [1.82, 2.24) is 10.1 Å². The van der Waals surface area contributed by atoms with Crippen molar-refractivity contribution in [2.75, 3.05) is 12.4 Å². The first-order valence-electron chi connectivity index (χ1n) is 9.49. The van der Waals surface area contributed by atoms with E-state index in [4.69, 9.17) is 25.6 Å². The van der Waals surface area contributed by atoms with Crippen LogP contribution in [0.3, 0.4) is 0 Å². The first-order chi connectivity index (χ1) is 14.2. The number of hydrogen-bond acceptors (Lipinski definition) is 6. The SMILES string of the molecule is COc1ccc(Oc2ccc(Cl)cc2NC(=O)CCc2nc(C(C)(C)C)no2)cc1. The number of rotatable bonds is 7. The summed E-state index contributed by atoms with van der Waals surface area (Å²) in [5.41, 5.74) is 0.266. The molecule has 0 atom stereocenters. The molecule has 2 aromatic carbocycles. The maximum absolute atomic E-state index is 12.5. The third kappa shape index (κ3) is 5.73. The van der Waals surface area contributed by atoms with E-state index in [0.717, 1.165) is 5.75 Å². The topological polar surface area (TPSA) is 86.5 Å². The van der Waals surface area contributed by atoms with Gasteiger partial charge in [0.2, 0.25) is 11.8 Å². The number of aryl methyl sites for hydroxylation is 1. The fourth-order valence-electron chi connectivity index (χ4n) is 2.55. The Morgan fingerprint density at radius 3 is 2.47 bits per heavy atom. The molecule has 1 aromatic heterocycles. The van der Waals surface area contributed by atoms with Crippen molar-refractivity contribution < 1.29 is 18.8 Å². The van der Waals surface area contributed by atoms with E-state index in [2.05, 4.69) is 15.5 Å². The molecule has 0 radical (unpaired) electrons. The number of carbonyl (C=O) groups excluding carboxylic acids is 1. The Labute approximate surface area is 180 Å². The van der Waals surface area contributed by atoms with Crippen molar-refractivity contribution in [3.63, 3.8) is 0 Å². The summed E-state index contributed by atoms with van der Waals surface area (Å²) in [7, 11) is 1.60. The van der Waals surface area contributed by atoms with Crippen LogP contribution in [0.1, 0.15) is 38.9 Å². The van der Waals surface area contributed by atoms with Gasteiger partial charge in [-0.3, -0.25) is 4.79 Å². The van der Waals surface area contributed by atoms with Gasteiger partial charge in [-0.15, -0.1) is 0 Å². The number of hydrogen-bond donors (Lipinski definition) is 1. The Bertz CT molecular complexity index is 1010. The summed E-state index contributed by atoms with van der Waals surface area (Å²) in [5.74, 6) is 2.63. The Kier molecular flexibility index (Phi) is 6.62. The molecule has 3 rings (SSSR count). The molecule has 7 nitrogen and oxygen atoms in total. The third-order valence-corrected chi connectivity index (χ3v) is 4.44. The minimum Gasteiger partial charge on any atom is -0.497 e. The summed E-state index contributed by atoms with van der Waals surface area (Å²) in [6.45, 7) is 5.99. The van der Waals surface area contributed by atoms with Crippen LogP contribution in [-0.2, 0) is 16.6 Å². The van der Waals surface area contributed by atoms with E-state index in [1.165, 1.54) is 0 Å². The molecule has 0 unspecified atom stereocenters. The molecule has 158 valence electrons. The quantitative estimate of drug-likeness (QED) is 0.541. The largest absolute Gasteiger partial charge is 0.497 e. The number of anilines is 1. The average Bonchev–Trinajstić information content (AvgIpc) is 3.19. The molecule has 1 amide bonds. The highest BCUT2D eigenvalue weighted by atomic mass is 35.5. The van der Waals surface area contributed by atoms with Crippen LogP contribution in [0.5, 0.6) is 17.2 Å². The van der Waals surface area contributed by atoms with Crippen LogP contribution in [0.15, 0.2) is 47.0 Å². The molecule has 1 N–H and O–H groups in total. The number of ether oxygens (including phenoxy) is 2. The third-order valence-electron chi connectivity index (χ3n) is 4.21. The van der Waals surface area contributed by atoms with Gasteiger partial charge in [-0.05, 0) is 42.5 Å². The fraction of sp³-hybridized carbons (Fsp3) is 0.318. The van der Waals surface area contributed by atoms with Crippen LogP contribution in [0.4, 0.5) is 5.69 Å². The number of amides is 1. The Balaban J connectivity index is 1.65. The first kappa shape index (κ1) is 21.6. The van der Waals surface area contributed by atoms with Crippen molar-refractivity contribution in [1.29, 1.82) is 0 Å². The number of carbonyl (C=O) groups is 1. The molecule has 3 aromatic rings. The predicted octanol–water partition coefficient (Wildman–Crippen LogP) is 5.39. The molecular formula is C22H24ClN3O4. The molecule has 0 bridgehead atoms. The van der Waals surface area contributed by atoms with Gasteiger partial charge in [0.15, 0.2) is 11.6 Å². The minimum atomic E-state index is -0.215. The monoisotopic (exact) mass is 429 g/mol. The number of halogens is 1. The molecule has 8 heteroatoms. The maximum Gasteiger partial charge on any atom is 0.227 e.